The topological polar surface area (TPSA) is 175 Å². The summed E-state index contributed by atoms with van der Waals surface area (Å²) in [6.07, 6.45) is -1.85. The zero-order valence-electron chi connectivity index (χ0n) is 25.1. The summed E-state index contributed by atoms with van der Waals surface area (Å²) in [5.41, 5.74) is 0.445. The summed E-state index contributed by atoms with van der Waals surface area (Å²) < 4.78 is 36.9. The first-order chi connectivity index (χ1) is 21.0. The summed E-state index contributed by atoms with van der Waals surface area (Å²) in [7, 11) is 1.32. The van der Waals surface area contributed by atoms with E-state index in [2.05, 4.69) is 15.0 Å². The molecular weight excluding hydrogens is 580 g/mol. The predicted octanol–water partition coefficient (Wildman–Crippen LogP) is 2.61. The molecule has 1 aliphatic heterocycles. The van der Waals surface area contributed by atoms with Crippen LogP contribution < -0.4 is 14.8 Å². The highest BCUT2D eigenvalue weighted by molar-refractivity contribution is 5.98. The second-order valence-corrected chi connectivity index (χ2v) is 9.93. The molecule has 0 radical (unpaired) electrons. The van der Waals surface area contributed by atoms with Gasteiger partial charge in [0.2, 0.25) is 6.79 Å². The fourth-order valence-corrected chi connectivity index (χ4v) is 4.17. The van der Waals surface area contributed by atoms with Gasteiger partial charge in [-0.2, -0.15) is 0 Å². The first kappa shape index (κ1) is 33.6. The van der Waals surface area contributed by atoms with E-state index in [1.807, 2.05) is 6.07 Å². The van der Waals surface area contributed by atoms with Crippen molar-refractivity contribution in [1.29, 1.82) is 0 Å². The molecule has 0 saturated carbocycles. The molecule has 2 aromatic rings. The standard InChI is InChI=1S/C30H36N2O12/c1-6-39-30(37)42-16-41-25-22(38-5)12-13-31-23(25)26(33)32-21-15-40-28(35)20(14-19-10-8-7-9-11-19)24(18(4)43-29(21)36)44-27(34)17(2)3/h7-13,17-18,20-21,24H,6,14-16H2,1-5H3,(H,32,33). The van der Waals surface area contributed by atoms with E-state index in [1.54, 1.807) is 45.0 Å². The third-order valence-corrected chi connectivity index (χ3v) is 6.41. The second-order valence-electron chi connectivity index (χ2n) is 9.93. The molecule has 3 rings (SSSR count). The lowest BCUT2D eigenvalue weighted by Crippen LogP contribution is -2.47. The number of amides is 1. The lowest BCUT2D eigenvalue weighted by molar-refractivity contribution is -0.176. The van der Waals surface area contributed by atoms with E-state index in [0.29, 0.717) is 0 Å². The molecule has 0 spiro atoms. The molecular formula is C30H36N2O12. The van der Waals surface area contributed by atoms with E-state index in [9.17, 15) is 24.0 Å². The lowest BCUT2D eigenvalue weighted by atomic mass is 9.91. The van der Waals surface area contributed by atoms with Gasteiger partial charge in [-0.1, -0.05) is 44.2 Å². The van der Waals surface area contributed by atoms with E-state index < -0.39 is 73.5 Å². The molecule has 14 heteroatoms. The fraction of sp³-hybridized carbons (Fsp3) is 0.467. The number of hydrogen-bond acceptors (Lipinski definition) is 13. The van der Waals surface area contributed by atoms with E-state index in [0.717, 1.165) is 5.56 Å². The van der Waals surface area contributed by atoms with Crippen LogP contribution >= 0.6 is 0 Å². The first-order valence-electron chi connectivity index (χ1n) is 13.9. The van der Waals surface area contributed by atoms with Crippen LogP contribution in [0.5, 0.6) is 11.5 Å². The molecule has 4 unspecified atom stereocenters. The number of nitrogens with one attached hydrogen (secondary N) is 1. The Morgan fingerprint density at radius 2 is 1.80 bits per heavy atom. The number of pyridine rings is 1. The van der Waals surface area contributed by atoms with Crippen LogP contribution in [0.1, 0.15) is 43.7 Å². The molecule has 1 saturated heterocycles. The summed E-state index contributed by atoms with van der Waals surface area (Å²) >= 11 is 0. The number of hydrogen-bond donors (Lipinski definition) is 1. The van der Waals surface area contributed by atoms with Gasteiger partial charge >= 0.3 is 24.1 Å². The van der Waals surface area contributed by atoms with Crippen molar-refractivity contribution in [2.75, 3.05) is 27.1 Å². The third kappa shape index (κ3) is 9.06. The van der Waals surface area contributed by atoms with Crippen molar-refractivity contribution >= 4 is 30.0 Å². The highest BCUT2D eigenvalue weighted by atomic mass is 16.8. The molecule has 0 bridgehead atoms. The number of carbonyl (C=O) groups excluding carboxylic acids is 5. The quantitative estimate of drug-likeness (QED) is 0.222. The Kier molecular flexibility index (Phi) is 12.3. The number of nitrogens with zero attached hydrogens (tertiary/aromatic N) is 1. The number of rotatable bonds is 11. The van der Waals surface area contributed by atoms with E-state index >= 15 is 0 Å². The number of benzene rings is 1. The van der Waals surface area contributed by atoms with E-state index in [-0.39, 0.29) is 30.2 Å². The van der Waals surface area contributed by atoms with Crippen molar-refractivity contribution in [2.45, 2.75) is 52.4 Å². The Morgan fingerprint density at radius 1 is 1.07 bits per heavy atom. The van der Waals surface area contributed by atoms with Crippen LogP contribution in [0.2, 0.25) is 0 Å². The average Bonchev–Trinajstić information content (AvgIpc) is 3.03. The summed E-state index contributed by atoms with van der Waals surface area (Å²) in [4.78, 5) is 68.1. The Morgan fingerprint density at radius 3 is 2.45 bits per heavy atom. The van der Waals surface area contributed by atoms with Gasteiger partial charge in [0.15, 0.2) is 29.3 Å². The predicted molar refractivity (Wildman–Crippen MR) is 151 cm³/mol. The minimum absolute atomic E-state index is 0.0771. The van der Waals surface area contributed by atoms with Gasteiger partial charge in [0.1, 0.15) is 18.6 Å². The summed E-state index contributed by atoms with van der Waals surface area (Å²) in [6.45, 7) is 5.22. The highest BCUT2D eigenvalue weighted by Gasteiger charge is 2.42. The molecule has 1 fully saturated rings. The van der Waals surface area contributed by atoms with Gasteiger partial charge < -0.3 is 38.5 Å². The maximum absolute atomic E-state index is 13.4. The summed E-state index contributed by atoms with van der Waals surface area (Å²) in [6, 6.07) is 8.96. The van der Waals surface area contributed by atoms with Crippen LogP contribution in [-0.4, -0.2) is 80.3 Å². The molecule has 14 nitrogen and oxygen atoms in total. The van der Waals surface area contributed by atoms with Crippen LogP contribution in [0.25, 0.3) is 0 Å². The first-order valence-corrected chi connectivity index (χ1v) is 13.9. The smallest absolute Gasteiger partial charge is 0.493 e. The van der Waals surface area contributed by atoms with Gasteiger partial charge in [0.05, 0.1) is 19.6 Å². The molecule has 0 aliphatic carbocycles. The molecule has 1 N–H and O–H groups in total. The van der Waals surface area contributed by atoms with E-state index in [1.165, 1.54) is 26.3 Å². The second kappa shape index (κ2) is 16.1. The van der Waals surface area contributed by atoms with Gasteiger partial charge in [-0.05, 0) is 25.8 Å². The molecule has 1 aromatic heterocycles. The molecule has 2 heterocycles. The largest absolute Gasteiger partial charge is 0.511 e. The van der Waals surface area contributed by atoms with Gasteiger partial charge in [-0.15, -0.1) is 0 Å². The van der Waals surface area contributed by atoms with Crippen LogP contribution in [0, 0.1) is 11.8 Å². The molecule has 44 heavy (non-hydrogen) atoms. The third-order valence-electron chi connectivity index (χ3n) is 6.41. The summed E-state index contributed by atoms with van der Waals surface area (Å²) in [5, 5.41) is 2.44. The highest BCUT2D eigenvalue weighted by Crippen LogP contribution is 2.30. The Hall–Kier alpha value is -4.88. The normalized spacial score (nSPS) is 20.1. The van der Waals surface area contributed by atoms with Crippen molar-refractivity contribution in [3.8, 4) is 11.5 Å². The van der Waals surface area contributed by atoms with Gasteiger partial charge in [0, 0.05) is 12.3 Å². The Balaban J connectivity index is 1.84. The average molecular weight is 617 g/mol. The number of methoxy groups -OCH3 is 1. The number of cyclic esters (lactones) is 2. The number of aromatic nitrogens is 1. The Bertz CT molecular complexity index is 1320. The molecule has 238 valence electrons. The van der Waals surface area contributed by atoms with Crippen LogP contribution in [-0.2, 0) is 44.5 Å². The minimum Gasteiger partial charge on any atom is -0.493 e. The number of carbonyl (C=O) groups is 5. The molecule has 1 amide bonds. The van der Waals surface area contributed by atoms with Crippen LogP contribution in [0.3, 0.4) is 0 Å². The minimum atomic E-state index is -1.47. The number of ether oxygens (including phenoxy) is 7. The van der Waals surface area contributed by atoms with Gasteiger partial charge in [-0.25, -0.2) is 14.6 Å². The van der Waals surface area contributed by atoms with Crippen LogP contribution in [0.4, 0.5) is 4.79 Å². The maximum atomic E-state index is 13.4. The van der Waals surface area contributed by atoms with Crippen molar-refractivity contribution in [1.82, 2.24) is 10.3 Å². The van der Waals surface area contributed by atoms with Crippen molar-refractivity contribution in [3.05, 3.63) is 53.9 Å². The lowest BCUT2D eigenvalue weighted by Gasteiger charge is -2.29. The van der Waals surface area contributed by atoms with Crippen molar-refractivity contribution in [3.63, 3.8) is 0 Å². The molecule has 1 aliphatic rings. The SMILES string of the molecule is CCOC(=O)OCOc1c(OC)ccnc1C(=O)NC1COC(=O)C(Cc2ccccc2)C(OC(=O)C(C)C)C(C)OC1=O. The molecule has 4 atom stereocenters. The van der Waals surface area contributed by atoms with Crippen molar-refractivity contribution < 1.29 is 57.1 Å². The van der Waals surface area contributed by atoms with Crippen LogP contribution in [0.15, 0.2) is 42.6 Å². The summed E-state index contributed by atoms with van der Waals surface area (Å²) in [5.74, 6) is -4.84. The monoisotopic (exact) mass is 616 g/mol. The number of esters is 3. The van der Waals surface area contributed by atoms with Crippen molar-refractivity contribution in [2.24, 2.45) is 11.8 Å². The zero-order chi connectivity index (χ0) is 32.2. The van der Waals surface area contributed by atoms with Gasteiger partial charge in [-0.3, -0.25) is 14.4 Å². The molecule has 1 aromatic carbocycles. The maximum Gasteiger partial charge on any atom is 0.511 e. The Labute approximate surface area is 254 Å². The fourth-order valence-electron chi connectivity index (χ4n) is 4.17. The van der Waals surface area contributed by atoms with Gasteiger partial charge in [0.25, 0.3) is 5.91 Å². The zero-order valence-corrected chi connectivity index (χ0v) is 25.1. The van der Waals surface area contributed by atoms with E-state index in [4.69, 9.17) is 28.4 Å².